The molecule has 1 heterocycles. The Labute approximate surface area is 199 Å². The number of hydrogen-bond acceptors (Lipinski definition) is 5. The molecule has 2 N–H and O–H groups in total. The first kappa shape index (κ1) is 29.1. The SMILES string of the molecule is Cc1cc(C=NNc2ccccc2)nc(C=NNc2ccccc2)c1.[Cl-].[Cl-].[Cl-].[Co+3]. The second-order valence-corrected chi connectivity index (χ2v) is 5.47. The van der Waals surface area contributed by atoms with Gasteiger partial charge in [-0.05, 0) is 48.9 Å². The van der Waals surface area contributed by atoms with Crippen molar-refractivity contribution in [2.45, 2.75) is 6.92 Å². The molecule has 0 saturated heterocycles. The van der Waals surface area contributed by atoms with Crippen LogP contribution in [0, 0.1) is 6.92 Å². The summed E-state index contributed by atoms with van der Waals surface area (Å²) in [6, 6.07) is 23.5. The number of pyridine rings is 1. The Morgan fingerprint density at radius 3 is 1.45 bits per heavy atom. The van der Waals surface area contributed by atoms with Gasteiger partial charge in [-0.25, -0.2) is 4.98 Å². The summed E-state index contributed by atoms with van der Waals surface area (Å²) >= 11 is 0. The van der Waals surface area contributed by atoms with E-state index in [1.54, 1.807) is 12.4 Å². The standard InChI is InChI=1S/C20H19N5.3ClH.Co/c1-16-12-19(14-21-24-17-8-4-2-5-9-17)23-20(13-16)15-22-25-18-10-6-3-7-11-18;;;;/h2-15,24-25H,1H3;3*1H;/q;;;;+3/p-3. The summed E-state index contributed by atoms with van der Waals surface area (Å²) in [4.78, 5) is 4.52. The minimum Gasteiger partial charge on any atom is -1.00 e. The van der Waals surface area contributed by atoms with Crippen LogP contribution in [-0.2, 0) is 16.8 Å². The van der Waals surface area contributed by atoms with E-state index in [-0.39, 0.29) is 54.0 Å². The number of anilines is 2. The molecule has 0 radical (unpaired) electrons. The molecule has 0 bridgehead atoms. The summed E-state index contributed by atoms with van der Waals surface area (Å²) < 4.78 is 0. The maximum absolute atomic E-state index is 4.52. The Kier molecular flexibility index (Phi) is 15.8. The minimum atomic E-state index is 0. The van der Waals surface area contributed by atoms with Gasteiger partial charge in [-0.3, -0.25) is 10.9 Å². The number of aromatic nitrogens is 1. The Hall–Kier alpha value is -2.09. The monoisotopic (exact) mass is 493 g/mol. The van der Waals surface area contributed by atoms with Gasteiger partial charge in [0, 0.05) is 0 Å². The quantitative estimate of drug-likeness (QED) is 0.268. The smallest absolute Gasteiger partial charge is 1.00 e. The van der Waals surface area contributed by atoms with Gasteiger partial charge in [0.25, 0.3) is 0 Å². The fourth-order valence-electron chi connectivity index (χ4n) is 2.23. The van der Waals surface area contributed by atoms with E-state index < -0.39 is 0 Å². The van der Waals surface area contributed by atoms with Crippen LogP contribution in [-0.4, -0.2) is 17.4 Å². The maximum Gasteiger partial charge on any atom is 3.00 e. The number of nitrogens with zero attached hydrogens (tertiary/aromatic N) is 3. The molecule has 154 valence electrons. The van der Waals surface area contributed by atoms with Crippen LogP contribution in [0.1, 0.15) is 17.0 Å². The van der Waals surface area contributed by atoms with Gasteiger partial charge in [0.1, 0.15) is 0 Å². The van der Waals surface area contributed by atoms with Crippen molar-refractivity contribution >= 4 is 23.8 Å². The largest absolute Gasteiger partial charge is 3.00 e. The maximum atomic E-state index is 4.52. The second-order valence-electron chi connectivity index (χ2n) is 5.47. The molecule has 9 heteroatoms. The van der Waals surface area contributed by atoms with Gasteiger partial charge < -0.3 is 37.2 Å². The molecule has 0 atom stereocenters. The summed E-state index contributed by atoms with van der Waals surface area (Å²) in [5, 5.41) is 8.45. The molecule has 3 aromatic rings. The number of rotatable bonds is 6. The van der Waals surface area contributed by atoms with Crippen LogP contribution < -0.4 is 48.1 Å². The third-order valence-electron chi connectivity index (χ3n) is 3.34. The molecule has 1 aromatic heterocycles. The van der Waals surface area contributed by atoms with Crippen molar-refractivity contribution in [1.29, 1.82) is 0 Å². The second kappa shape index (κ2) is 15.8. The molecule has 3 rings (SSSR count). The van der Waals surface area contributed by atoms with Crippen LogP contribution in [0.4, 0.5) is 11.4 Å². The van der Waals surface area contributed by atoms with E-state index in [1.807, 2.05) is 79.7 Å². The van der Waals surface area contributed by atoms with Crippen LogP contribution >= 0.6 is 0 Å². The van der Waals surface area contributed by atoms with Gasteiger partial charge in [-0.2, -0.15) is 10.2 Å². The van der Waals surface area contributed by atoms with Gasteiger partial charge >= 0.3 is 16.8 Å². The zero-order valence-electron chi connectivity index (χ0n) is 15.4. The number of hydrogen-bond donors (Lipinski definition) is 2. The number of benzene rings is 2. The predicted octanol–water partition coefficient (Wildman–Crippen LogP) is -4.71. The van der Waals surface area contributed by atoms with E-state index in [0.29, 0.717) is 0 Å². The van der Waals surface area contributed by atoms with Crippen molar-refractivity contribution in [3.63, 3.8) is 0 Å². The topological polar surface area (TPSA) is 61.7 Å². The van der Waals surface area contributed by atoms with Crippen LogP contribution in [0.15, 0.2) is 83.0 Å². The van der Waals surface area contributed by atoms with Gasteiger partial charge in [-0.1, -0.05) is 36.4 Å². The summed E-state index contributed by atoms with van der Waals surface area (Å²) in [7, 11) is 0. The summed E-state index contributed by atoms with van der Waals surface area (Å²) in [6.07, 6.45) is 3.39. The molecule has 0 aliphatic heterocycles. The molecule has 2 aromatic carbocycles. The van der Waals surface area contributed by atoms with E-state index in [1.165, 1.54) is 0 Å². The molecule has 0 fully saturated rings. The summed E-state index contributed by atoms with van der Waals surface area (Å²) in [6.45, 7) is 2.02. The van der Waals surface area contributed by atoms with Crippen LogP contribution in [0.2, 0.25) is 0 Å². The van der Waals surface area contributed by atoms with Gasteiger partial charge in [-0.15, -0.1) is 0 Å². The molecule has 0 spiro atoms. The van der Waals surface area contributed by atoms with E-state index in [4.69, 9.17) is 0 Å². The fourth-order valence-corrected chi connectivity index (χ4v) is 2.23. The number of hydrazone groups is 2. The number of para-hydroxylation sites is 2. The number of halogens is 3. The van der Waals surface area contributed by atoms with Gasteiger partial charge in [0.15, 0.2) is 0 Å². The molecule has 0 unspecified atom stereocenters. The predicted molar refractivity (Wildman–Crippen MR) is 104 cm³/mol. The van der Waals surface area contributed by atoms with Gasteiger partial charge in [0.05, 0.1) is 35.2 Å². The first-order chi connectivity index (χ1) is 12.3. The zero-order chi connectivity index (χ0) is 17.3. The van der Waals surface area contributed by atoms with E-state index in [2.05, 4.69) is 26.0 Å². The fraction of sp³-hybridized carbons (Fsp3) is 0.0500. The summed E-state index contributed by atoms with van der Waals surface area (Å²) in [5.41, 5.74) is 10.5. The molecular weight excluding hydrogens is 476 g/mol. The van der Waals surface area contributed by atoms with Crippen molar-refractivity contribution in [2.75, 3.05) is 10.9 Å². The molecule has 29 heavy (non-hydrogen) atoms. The Balaban J connectivity index is 0. The molecule has 0 aliphatic rings. The first-order valence-corrected chi connectivity index (χ1v) is 7.96. The van der Waals surface area contributed by atoms with Crippen LogP contribution in [0.5, 0.6) is 0 Å². The molecular formula is C20H19Cl3CoN5. The van der Waals surface area contributed by atoms with Crippen molar-refractivity contribution in [2.24, 2.45) is 10.2 Å². The minimum absolute atomic E-state index is 0. The normalized spacial score (nSPS) is 9.55. The Morgan fingerprint density at radius 1 is 0.690 bits per heavy atom. The van der Waals surface area contributed by atoms with E-state index in [9.17, 15) is 0 Å². The van der Waals surface area contributed by atoms with Crippen molar-refractivity contribution in [3.05, 3.63) is 89.7 Å². The van der Waals surface area contributed by atoms with Crippen LogP contribution in [0.3, 0.4) is 0 Å². The molecule has 0 aliphatic carbocycles. The Morgan fingerprint density at radius 2 is 1.07 bits per heavy atom. The molecule has 5 nitrogen and oxygen atoms in total. The van der Waals surface area contributed by atoms with Crippen molar-refractivity contribution in [3.8, 4) is 0 Å². The first-order valence-electron chi connectivity index (χ1n) is 7.96. The third kappa shape index (κ3) is 10.3. The van der Waals surface area contributed by atoms with E-state index in [0.717, 1.165) is 28.3 Å². The average Bonchev–Trinajstić information content (AvgIpc) is 2.63. The van der Waals surface area contributed by atoms with Crippen LogP contribution in [0.25, 0.3) is 0 Å². The number of aryl methyl sites for hydroxylation is 1. The zero-order valence-corrected chi connectivity index (χ0v) is 18.7. The van der Waals surface area contributed by atoms with E-state index >= 15 is 0 Å². The Bertz CT molecular complexity index is 808. The molecule has 0 saturated carbocycles. The summed E-state index contributed by atoms with van der Waals surface area (Å²) in [5.74, 6) is 0. The van der Waals surface area contributed by atoms with Gasteiger partial charge in [0.2, 0.25) is 0 Å². The third-order valence-corrected chi connectivity index (χ3v) is 3.34. The average molecular weight is 495 g/mol. The van der Waals surface area contributed by atoms with Crippen molar-refractivity contribution < 1.29 is 54.0 Å². The van der Waals surface area contributed by atoms with Crippen molar-refractivity contribution in [1.82, 2.24) is 4.98 Å². The molecule has 0 amide bonds. The number of nitrogens with one attached hydrogen (secondary N) is 2.